The standard InChI is InChI=1S/C23H18ClN3O5/c1-32-21-5-3-2-4-19(21)22(28)26-20(14-15-6-12-18(13-7-15)27(30)31)23(29)25-17-10-8-16(24)9-11-17/h2-14H,1H3,(H,25,29)(H,26,28). The topological polar surface area (TPSA) is 111 Å². The molecule has 32 heavy (non-hydrogen) atoms. The number of nitro benzene ring substituents is 1. The van der Waals surface area contributed by atoms with Crippen LogP contribution in [0.4, 0.5) is 11.4 Å². The minimum Gasteiger partial charge on any atom is -0.496 e. The van der Waals surface area contributed by atoms with Gasteiger partial charge < -0.3 is 15.4 Å². The summed E-state index contributed by atoms with van der Waals surface area (Å²) in [6, 6.07) is 18.6. The number of hydrogen-bond donors (Lipinski definition) is 2. The molecule has 0 unspecified atom stereocenters. The van der Waals surface area contributed by atoms with Crippen LogP contribution in [0.2, 0.25) is 5.02 Å². The maximum atomic E-state index is 12.9. The van der Waals surface area contributed by atoms with Gasteiger partial charge >= 0.3 is 0 Å². The molecule has 3 rings (SSSR count). The van der Waals surface area contributed by atoms with Crippen molar-refractivity contribution < 1.29 is 19.2 Å². The third-order valence-corrected chi connectivity index (χ3v) is 4.61. The molecule has 0 atom stereocenters. The van der Waals surface area contributed by atoms with E-state index < -0.39 is 16.7 Å². The van der Waals surface area contributed by atoms with Gasteiger partial charge in [0.2, 0.25) is 0 Å². The fourth-order valence-electron chi connectivity index (χ4n) is 2.77. The lowest BCUT2D eigenvalue weighted by molar-refractivity contribution is -0.384. The zero-order valence-electron chi connectivity index (χ0n) is 16.9. The lowest BCUT2D eigenvalue weighted by Crippen LogP contribution is -2.31. The highest BCUT2D eigenvalue weighted by Gasteiger charge is 2.18. The average molecular weight is 452 g/mol. The van der Waals surface area contributed by atoms with Crippen molar-refractivity contribution in [3.05, 3.63) is 105 Å². The van der Waals surface area contributed by atoms with Gasteiger partial charge in [-0.3, -0.25) is 19.7 Å². The Kier molecular flexibility index (Phi) is 7.20. The fraction of sp³-hybridized carbons (Fsp3) is 0.0435. The molecule has 0 aromatic heterocycles. The molecule has 3 aromatic carbocycles. The van der Waals surface area contributed by atoms with Crippen molar-refractivity contribution in [3.8, 4) is 5.75 Å². The molecule has 2 N–H and O–H groups in total. The number of benzene rings is 3. The third-order valence-electron chi connectivity index (χ3n) is 4.36. The lowest BCUT2D eigenvalue weighted by atomic mass is 10.1. The number of nitro groups is 1. The second-order valence-electron chi connectivity index (χ2n) is 6.52. The summed E-state index contributed by atoms with van der Waals surface area (Å²) in [7, 11) is 1.44. The van der Waals surface area contributed by atoms with Crippen LogP contribution in [0.5, 0.6) is 5.75 Å². The molecule has 0 saturated carbocycles. The number of nitrogens with one attached hydrogen (secondary N) is 2. The van der Waals surface area contributed by atoms with Gasteiger partial charge in [-0.1, -0.05) is 23.7 Å². The number of ether oxygens (including phenoxy) is 1. The number of rotatable bonds is 7. The summed E-state index contributed by atoms with van der Waals surface area (Å²) in [6.07, 6.45) is 1.42. The van der Waals surface area contributed by atoms with E-state index in [0.29, 0.717) is 22.0 Å². The first-order chi connectivity index (χ1) is 15.4. The van der Waals surface area contributed by atoms with Crippen molar-refractivity contribution in [2.24, 2.45) is 0 Å². The molecule has 0 radical (unpaired) electrons. The quantitative estimate of drug-likeness (QED) is 0.308. The van der Waals surface area contributed by atoms with Crippen molar-refractivity contribution in [1.82, 2.24) is 5.32 Å². The van der Waals surface area contributed by atoms with Crippen molar-refractivity contribution in [3.63, 3.8) is 0 Å². The molecule has 8 nitrogen and oxygen atoms in total. The Hall–Kier alpha value is -4.17. The van der Waals surface area contributed by atoms with Gasteiger partial charge in [0.25, 0.3) is 17.5 Å². The molecule has 162 valence electrons. The van der Waals surface area contributed by atoms with E-state index in [0.717, 1.165) is 0 Å². The van der Waals surface area contributed by atoms with E-state index in [4.69, 9.17) is 16.3 Å². The van der Waals surface area contributed by atoms with Gasteiger partial charge in [-0.2, -0.15) is 0 Å². The second kappa shape index (κ2) is 10.2. The summed E-state index contributed by atoms with van der Waals surface area (Å²) in [5, 5.41) is 16.7. The number of carbonyl (C=O) groups is 2. The van der Waals surface area contributed by atoms with Crippen molar-refractivity contribution in [2.75, 3.05) is 12.4 Å². The van der Waals surface area contributed by atoms with Crippen LogP contribution in [0, 0.1) is 10.1 Å². The molecule has 0 bridgehead atoms. The number of para-hydroxylation sites is 1. The zero-order valence-corrected chi connectivity index (χ0v) is 17.6. The summed E-state index contributed by atoms with van der Waals surface area (Å²) < 4.78 is 5.21. The summed E-state index contributed by atoms with van der Waals surface area (Å²) >= 11 is 5.88. The summed E-state index contributed by atoms with van der Waals surface area (Å²) in [5.41, 5.74) is 1.04. The van der Waals surface area contributed by atoms with E-state index in [9.17, 15) is 19.7 Å². The summed E-state index contributed by atoms with van der Waals surface area (Å²) in [4.78, 5) is 36.1. The predicted octanol–water partition coefficient (Wildman–Crippen LogP) is 4.67. The second-order valence-corrected chi connectivity index (χ2v) is 6.96. The predicted molar refractivity (Wildman–Crippen MR) is 122 cm³/mol. The van der Waals surface area contributed by atoms with Crippen LogP contribution in [0.1, 0.15) is 15.9 Å². The van der Waals surface area contributed by atoms with E-state index in [1.165, 1.54) is 37.5 Å². The number of hydrogen-bond acceptors (Lipinski definition) is 5. The van der Waals surface area contributed by atoms with Gasteiger partial charge in [0, 0.05) is 22.8 Å². The average Bonchev–Trinajstić information content (AvgIpc) is 2.80. The molecule has 0 aliphatic carbocycles. The van der Waals surface area contributed by atoms with Crippen LogP contribution < -0.4 is 15.4 Å². The molecule has 3 aromatic rings. The Balaban J connectivity index is 1.92. The normalized spacial score (nSPS) is 10.9. The monoisotopic (exact) mass is 451 g/mol. The first-order valence-electron chi connectivity index (χ1n) is 9.35. The van der Waals surface area contributed by atoms with Crippen LogP contribution in [0.3, 0.4) is 0 Å². The number of nitrogens with zero attached hydrogens (tertiary/aromatic N) is 1. The van der Waals surface area contributed by atoms with Crippen molar-refractivity contribution in [1.29, 1.82) is 0 Å². The fourth-order valence-corrected chi connectivity index (χ4v) is 2.90. The van der Waals surface area contributed by atoms with E-state index >= 15 is 0 Å². The Bertz CT molecular complexity index is 1170. The highest BCUT2D eigenvalue weighted by atomic mass is 35.5. The molecular formula is C23H18ClN3O5. The molecule has 0 spiro atoms. The number of non-ortho nitro benzene ring substituents is 1. The van der Waals surface area contributed by atoms with Crippen LogP contribution in [0.15, 0.2) is 78.5 Å². The van der Waals surface area contributed by atoms with Gasteiger partial charge in [-0.05, 0) is 60.2 Å². The molecular weight excluding hydrogens is 434 g/mol. The zero-order chi connectivity index (χ0) is 23.1. The number of carbonyl (C=O) groups excluding carboxylic acids is 2. The van der Waals surface area contributed by atoms with Crippen LogP contribution in [-0.2, 0) is 4.79 Å². The number of anilines is 1. The maximum absolute atomic E-state index is 12.9. The Morgan fingerprint density at radius 1 is 1.00 bits per heavy atom. The van der Waals surface area contributed by atoms with Crippen LogP contribution >= 0.6 is 11.6 Å². The number of methoxy groups -OCH3 is 1. The largest absolute Gasteiger partial charge is 0.496 e. The number of amides is 2. The molecule has 0 fully saturated rings. The van der Waals surface area contributed by atoms with E-state index in [2.05, 4.69) is 10.6 Å². The molecule has 2 amide bonds. The molecule has 0 aliphatic heterocycles. The molecule has 0 heterocycles. The van der Waals surface area contributed by atoms with Crippen LogP contribution in [0.25, 0.3) is 6.08 Å². The Morgan fingerprint density at radius 3 is 2.28 bits per heavy atom. The van der Waals surface area contributed by atoms with Gasteiger partial charge in [-0.15, -0.1) is 0 Å². The van der Waals surface area contributed by atoms with E-state index in [-0.39, 0.29) is 16.9 Å². The SMILES string of the molecule is COc1ccccc1C(=O)NC(=Cc1ccc([N+](=O)[O-])cc1)C(=O)Nc1ccc(Cl)cc1. The van der Waals surface area contributed by atoms with E-state index in [1.54, 1.807) is 48.5 Å². The van der Waals surface area contributed by atoms with Crippen LogP contribution in [-0.4, -0.2) is 23.8 Å². The van der Waals surface area contributed by atoms with Gasteiger partial charge in [0.05, 0.1) is 17.6 Å². The molecule has 0 saturated heterocycles. The van der Waals surface area contributed by atoms with E-state index in [1.807, 2.05) is 0 Å². The summed E-state index contributed by atoms with van der Waals surface area (Å²) in [6.45, 7) is 0. The van der Waals surface area contributed by atoms with Crippen molar-refractivity contribution >= 4 is 40.9 Å². The molecule has 9 heteroatoms. The van der Waals surface area contributed by atoms with Gasteiger partial charge in [0.15, 0.2) is 0 Å². The number of halogens is 1. The highest BCUT2D eigenvalue weighted by Crippen LogP contribution is 2.19. The highest BCUT2D eigenvalue weighted by molar-refractivity contribution is 6.30. The summed E-state index contributed by atoms with van der Waals surface area (Å²) in [5.74, 6) is -0.798. The first-order valence-corrected chi connectivity index (χ1v) is 9.72. The minimum atomic E-state index is -0.589. The first kappa shape index (κ1) is 22.5. The van der Waals surface area contributed by atoms with Gasteiger partial charge in [-0.25, -0.2) is 0 Å². The molecule has 0 aliphatic rings. The Labute approximate surface area is 188 Å². The minimum absolute atomic E-state index is 0.0651. The maximum Gasteiger partial charge on any atom is 0.272 e. The Morgan fingerprint density at radius 2 is 1.66 bits per heavy atom. The smallest absolute Gasteiger partial charge is 0.272 e. The third kappa shape index (κ3) is 5.71. The lowest BCUT2D eigenvalue weighted by Gasteiger charge is -2.13. The van der Waals surface area contributed by atoms with Crippen molar-refractivity contribution in [2.45, 2.75) is 0 Å². The van der Waals surface area contributed by atoms with Gasteiger partial charge in [0.1, 0.15) is 11.4 Å².